The minimum Gasteiger partial charge on any atom is -0.350 e. The van der Waals surface area contributed by atoms with Crippen LogP contribution in [0.3, 0.4) is 0 Å². The van der Waals surface area contributed by atoms with Gasteiger partial charge in [-0.3, -0.25) is 0 Å². The second-order valence-corrected chi connectivity index (χ2v) is 6.87. The number of aryl methyl sites for hydroxylation is 2. The van der Waals surface area contributed by atoms with Crippen molar-refractivity contribution in [2.75, 3.05) is 10.2 Å². The van der Waals surface area contributed by atoms with E-state index in [0.29, 0.717) is 12.0 Å². The normalized spacial score (nSPS) is 10.8. The molecular formula is C22H26N4. The average molecular weight is 346 g/mol. The molecule has 0 saturated carbocycles. The smallest absolute Gasteiger partial charge is 0.229 e. The maximum atomic E-state index is 4.74. The Morgan fingerprint density at radius 2 is 1.73 bits per heavy atom. The molecule has 0 aliphatic carbocycles. The summed E-state index contributed by atoms with van der Waals surface area (Å²) < 4.78 is 0. The van der Waals surface area contributed by atoms with E-state index < -0.39 is 0 Å². The number of nitrogens with zero attached hydrogens (tertiary/aromatic N) is 3. The van der Waals surface area contributed by atoms with E-state index in [-0.39, 0.29) is 0 Å². The Bertz CT molecular complexity index is 859. The van der Waals surface area contributed by atoms with Gasteiger partial charge in [-0.25, -0.2) is 4.98 Å². The molecule has 4 nitrogen and oxygen atoms in total. The molecule has 0 aliphatic rings. The average Bonchev–Trinajstić information content (AvgIpc) is 2.64. The number of benzene rings is 2. The lowest BCUT2D eigenvalue weighted by Gasteiger charge is -2.28. The third-order valence-electron chi connectivity index (χ3n) is 4.52. The first-order valence-corrected chi connectivity index (χ1v) is 9.01. The van der Waals surface area contributed by atoms with Gasteiger partial charge in [0.15, 0.2) is 0 Å². The van der Waals surface area contributed by atoms with Crippen molar-refractivity contribution in [3.05, 3.63) is 77.5 Å². The van der Waals surface area contributed by atoms with E-state index >= 15 is 0 Å². The molecule has 0 saturated heterocycles. The van der Waals surface area contributed by atoms with Crippen LogP contribution in [-0.2, 0) is 6.54 Å². The molecule has 0 spiro atoms. The summed E-state index contributed by atoms with van der Waals surface area (Å²) in [7, 11) is 0. The summed E-state index contributed by atoms with van der Waals surface area (Å²) in [6.45, 7) is 9.40. The molecule has 26 heavy (non-hydrogen) atoms. The van der Waals surface area contributed by atoms with Crippen molar-refractivity contribution in [3.63, 3.8) is 0 Å². The standard InChI is InChI=1S/C22H26N4/c1-16(2)26(15-19-8-6-5-7-9-19)21-12-13-23-22(25-21)24-20-11-10-17(3)18(4)14-20/h5-14,16H,15H2,1-4H3,(H,23,24,25). The monoisotopic (exact) mass is 346 g/mol. The molecule has 1 N–H and O–H groups in total. The molecule has 2 aromatic carbocycles. The highest BCUT2D eigenvalue weighted by Gasteiger charge is 2.13. The highest BCUT2D eigenvalue weighted by Crippen LogP contribution is 2.21. The first-order valence-electron chi connectivity index (χ1n) is 9.01. The summed E-state index contributed by atoms with van der Waals surface area (Å²) in [6, 6.07) is 19.1. The second kappa shape index (κ2) is 8.00. The molecular weight excluding hydrogens is 320 g/mol. The molecule has 3 aromatic rings. The number of rotatable bonds is 6. The van der Waals surface area contributed by atoms with Gasteiger partial charge < -0.3 is 10.2 Å². The molecule has 0 fully saturated rings. The van der Waals surface area contributed by atoms with Crippen LogP contribution in [0.25, 0.3) is 0 Å². The largest absolute Gasteiger partial charge is 0.350 e. The van der Waals surface area contributed by atoms with Gasteiger partial charge in [-0.05, 0) is 62.6 Å². The summed E-state index contributed by atoms with van der Waals surface area (Å²) in [4.78, 5) is 11.4. The zero-order valence-corrected chi connectivity index (χ0v) is 15.9. The van der Waals surface area contributed by atoms with E-state index in [1.54, 1.807) is 0 Å². The van der Waals surface area contributed by atoms with Gasteiger partial charge in [-0.1, -0.05) is 36.4 Å². The molecule has 0 atom stereocenters. The molecule has 0 radical (unpaired) electrons. The predicted octanol–water partition coefficient (Wildman–Crippen LogP) is 5.25. The van der Waals surface area contributed by atoms with Crippen LogP contribution in [0.1, 0.15) is 30.5 Å². The first-order chi connectivity index (χ1) is 12.5. The lowest BCUT2D eigenvalue weighted by atomic mass is 10.1. The number of hydrogen-bond acceptors (Lipinski definition) is 4. The molecule has 0 aliphatic heterocycles. The van der Waals surface area contributed by atoms with E-state index in [0.717, 1.165) is 18.1 Å². The Hall–Kier alpha value is -2.88. The van der Waals surface area contributed by atoms with E-state index in [1.807, 2.05) is 18.3 Å². The van der Waals surface area contributed by atoms with Crippen molar-refractivity contribution < 1.29 is 0 Å². The van der Waals surface area contributed by atoms with Crippen LogP contribution in [0.5, 0.6) is 0 Å². The summed E-state index contributed by atoms with van der Waals surface area (Å²) in [5.41, 5.74) is 4.80. The van der Waals surface area contributed by atoms with Crippen molar-refractivity contribution >= 4 is 17.5 Å². The Morgan fingerprint density at radius 1 is 0.962 bits per heavy atom. The third-order valence-corrected chi connectivity index (χ3v) is 4.52. The number of nitrogens with one attached hydrogen (secondary N) is 1. The zero-order chi connectivity index (χ0) is 18.5. The summed E-state index contributed by atoms with van der Waals surface area (Å²) in [5, 5.41) is 3.32. The van der Waals surface area contributed by atoms with Gasteiger partial charge >= 0.3 is 0 Å². The Morgan fingerprint density at radius 3 is 2.42 bits per heavy atom. The predicted molar refractivity (Wildman–Crippen MR) is 109 cm³/mol. The maximum absolute atomic E-state index is 4.74. The number of aromatic nitrogens is 2. The Balaban J connectivity index is 1.82. The van der Waals surface area contributed by atoms with Crippen LogP contribution < -0.4 is 10.2 Å². The van der Waals surface area contributed by atoms with Gasteiger partial charge in [0.1, 0.15) is 5.82 Å². The fraction of sp³-hybridized carbons (Fsp3) is 0.273. The van der Waals surface area contributed by atoms with Crippen LogP contribution in [0.15, 0.2) is 60.8 Å². The topological polar surface area (TPSA) is 41.1 Å². The third kappa shape index (κ3) is 4.39. The van der Waals surface area contributed by atoms with Crippen LogP contribution in [0.2, 0.25) is 0 Å². The highest BCUT2D eigenvalue weighted by molar-refractivity contribution is 5.57. The summed E-state index contributed by atoms with van der Waals surface area (Å²) in [5.74, 6) is 1.54. The van der Waals surface area contributed by atoms with Crippen molar-refractivity contribution in [2.24, 2.45) is 0 Å². The van der Waals surface area contributed by atoms with Crippen molar-refractivity contribution in [2.45, 2.75) is 40.3 Å². The Kier molecular flexibility index (Phi) is 5.52. The van der Waals surface area contributed by atoms with E-state index in [1.165, 1.54) is 16.7 Å². The van der Waals surface area contributed by atoms with Crippen LogP contribution >= 0.6 is 0 Å². The summed E-state index contributed by atoms with van der Waals surface area (Å²) in [6.07, 6.45) is 1.81. The molecule has 0 amide bonds. The van der Waals surface area contributed by atoms with Gasteiger partial charge in [0.25, 0.3) is 0 Å². The molecule has 3 rings (SSSR count). The fourth-order valence-electron chi connectivity index (χ4n) is 2.83. The minimum absolute atomic E-state index is 0.333. The van der Waals surface area contributed by atoms with E-state index in [4.69, 9.17) is 4.98 Å². The number of hydrogen-bond donors (Lipinski definition) is 1. The second-order valence-electron chi connectivity index (χ2n) is 6.87. The van der Waals surface area contributed by atoms with Crippen LogP contribution in [0, 0.1) is 13.8 Å². The van der Waals surface area contributed by atoms with Crippen molar-refractivity contribution in [3.8, 4) is 0 Å². The molecule has 1 heterocycles. The SMILES string of the molecule is Cc1ccc(Nc2nccc(N(Cc3ccccc3)C(C)C)n2)cc1C. The van der Waals surface area contributed by atoms with E-state index in [2.05, 4.69) is 85.4 Å². The molecule has 0 bridgehead atoms. The lowest BCUT2D eigenvalue weighted by Crippen LogP contribution is -2.31. The summed E-state index contributed by atoms with van der Waals surface area (Å²) >= 11 is 0. The van der Waals surface area contributed by atoms with Gasteiger partial charge in [-0.2, -0.15) is 4.98 Å². The van der Waals surface area contributed by atoms with Gasteiger partial charge in [-0.15, -0.1) is 0 Å². The van der Waals surface area contributed by atoms with Crippen molar-refractivity contribution in [1.29, 1.82) is 0 Å². The van der Waals surface area contributed by atoms with Gasteiger partial charge in [0, 0.05) is 24.5 Å². The molecule has 1 aromatic heterocycles. The van der Waals surface area contributed by atoms with Crippen LogP contribution in [-0.4, -0.2) is 16.0 Å². The van der Waals surface area contributed by atoms with Gasteiger partial charge in [0.05, 0.1) is 0 Å². The first kappa shape index (κ1) is 17.9. The molecule has 0 unspecified atom stereocenters. The van der Waals surface area contributed by atoms with Gasteiger partial charge in [0.2, 0.25) is 5.95 Å². The van der Waals surface area contributed by atoms with Crippen molar-refractivity contribution in [1.82, 2.24) is 9.97 Å². The minimum atomic E-state index is 0.333. The highest BCUT2D eigenvalue weighted by atomic mass is 15.2. The zero-order valence-electron chi connectivity index (χ0n) is 15.9. The van der Waals surface area contributed by atoms with E-state index in [9.17, 15) is 0 Å². The number of anilines is 3. The lowest BCUT2D eigenvalue weighted by molar-refractivity contribution is 0.672. The quantitative estimate of drug-likeness (QED) is 0.661. The maximum Gasteiger partial charge on any atom is 0.229 e. The molecule has 4 heteroatoms. The Labute approximate surface area is 155 Å². The molecule has 134 valence electrons. The van der Waals surface area contributed by atoms with Crippen LogP contribution in [0.4, 0.5) is 17.5 Å². The fourth-order valence-corrected chi connectivity index (χ4v) is 2.83.